The molecule has 0 fully saturated rings. The largest absolute Gasteiger partial charge is 0.489 e. The van der Waals surface area contributed by atoms with E-state index < -0.39 is 18.0 Å². The molecule has 3 N–H and O–H groups in total. The van der Waals surface area contributed by atoms with Crippen molar-refractivity contribution in [2.75, 3.05) is 19.0 Å². The summed E-state index contributed by atoms with van der Waals surface area (Å²) in [6.45, 7) is 0.272. The Morgan fingerprint density at radius 1 is 0.833 bits per heavy atom. The number of ether oxygens (including phenoxy) is 2. The van der Waals surface area contributed by atoms with Crippen molar-refractivity contribution >= 4 is 29.5 Å². The molecule has 0 radical (unpaired) electrons. The first-order valence-corrected chi connectivity index (χ1v) is 20.0. The van der Waals surface area contributed by atoms with Gasteiger partial charge in [-0.1, -0.05) is 115 Å². The molecule has 4 aromatic rings. The van der Waals surface area contributed by atoms with Crippen LogP contribution in [-0.4, -0.2) is 53.9 Å². The van der Waals surface area contributed by atoms with Crippen molar-refractivity contribution < 1.29 is 29.0 Å². The summed E-state index contributed by atoms with van der Waals surface area (Å²) in [5.74, 6) is 0.280. The summed E-state index contributed by atoms with van der Waals surface area (Å²) in [5, 5.41) is 16.2. The van der Waals surface area contributed by atoms with Crippen molar-refractivity contribution in [3.8, 4) is 5.75 Å². The molecule has 4 aromatic carbocycles. The van der Waals surface area contributed by atoms with Gasteiger partial charge in [-0.3, -0.25) is 14.4 Å². The second kappa shape index (κ2) is 22.4. The van der Waals surface area contributed by atoms with Crippen LogP contribution in [0.4, 0.5) is 0 Å². The first kappa shape index (κ1) is 40.3. The second-order valence-electron chi connectivity index (χ2n) is 13.8. The molecule has 0 aromatic heterocycles. The van der Waals surface area contributed by atoms with Crippen LogP contribution in [0.3, 0.4) is 0 Å². The quantitative estimate of drug-likeness (QED) is 0.0868. The van der Waals surface area contributed by atoms with Gasteiger partial charge in [-0.05, 0) is 72.9 Å². The maximum absolute atomic E-state index is 13.8. The third-order valence-electron chi connectivity index (χ3n) is 9.41. The van der Waals surface area contributed by atoms with E-state index in [1.807, 2.05) is 115 Å². The Labute approximate surface area is 323 Å². The summed E-state index contributed by atoms with van der Waals surface area (Å²) in [6, 6.07) is 36.7. The fourth-order valence-electron chi connectivity index (χ4n) is 6.41. The molecule has 1 aliphatic rings. The fourth-order valence-corrected chi connectivity index (χ4v) is 7.42. The average Bonchev–Trinajstić information content (AvgIpc) is 3.20. The fraction of sp³-hybridized carbons (Fsp3) is 0.356. The standard InChI is InChI=1S/C45H52N2O6S/c48-29-40(27-35-22-24-42(25-23-35)52-30-36-16-8-4-9-17-36)46-43(49)28-38-20-12-1-2-13-21-39(26-34-14-6-3-7-15-34)45(51)53-31-41(47-44(38)50)33-54-32-37-18-10-5-11-19-37/h1,3-12,14-19,22-25,38-41,48H,2,13,20-21,26-33H2,(H,46,49)(H,47,50)/t38-,39-,40+,41-/m1/s1. The van der Waals surface area contributed by atoms with E-state index in [1.54, 1.807) is 11.8 Å². The highest BCUT2D eigenvalue weighted by Gasteiger charge is 2.27. The molecular weight excluding hydrogens is 697 g/mol. The van der Waals surface area contributed by atoms with Crippen molar-refractivity contribution in [3.63, 3.8) is 0 Å². The first-order chi connectivity index (χ1) is 26.4. The van der Waals surface area contributed by atoms with Crippen LogP contribution in [0.2, 0.25) is 0 Å². The molecule has 9 heteroatoms. The third-order valence-corrected chi connectivity index (χ3v) is 10.6. The van der Waals surface area contributed by atoms with E-state index in [0.717, 1.165) is 41.0 Å². The second-order valence-corrected chi connectivity index (χ2v) is 14.9. The van der Waals surface area contributed by atoms with E-state index in [-0.39, 0.29) is 43.3 Å². The number of hydrogen-bond donors (Lipinski definition) is 3. The van der Waals surface area contributed by atoms with Crippen LogP contribution in [0.1, 0.15) is 54.4 Å². The number of aliphatic hydroxyl groups is 1. The molecule has 5 rings (SSSR count). The molecule has 1 aliphatic heterocycles. The average molecular weight is 749 g/mol. The number of nitrogens with one attached hydrogen (secondary N) is 2. The number of carbonyl (C=O) groups excluding carboxylic acids is 3. The Morgan fingerprint density at radius 3 is 2.19 bits per heavy atom. The van der Waals surface area contributed by atoms with Gasteiger partial charge in [0, 0.05) is 17.9 Å². The Hall–Kier alpha value is -4.86. The monoisotopic (exact) mass is 748 g/mol. The predicted octanol–water partition coefficient (Wildman–Crippen LogP) is 7.24. The molecule has 0 spiro atoms. The summed E-state index contributed by atoms with van der Waals surface area (Å²) in [7, 11) is 0. The van der Waals surface area contributed by atoms with Crippen LogP contribution >= 0.6 is 11.8 Å². The molecule has 1 heterocycles. The van der Waals surface area contributed by atoms with Gasteiger partial charge >= 0.3 is 5.97 Å². The summed E-state index contributed by atoms with van der Waals surface area (Å²) in [4.78, 5) is 40.7. The van der Waals surface area contributed by atoms with Crippen LogP contribution < -0.4 is 15.4 Å². The highest BCUT2D eigenvalue weighted by molar-refractivity contribution is 7.98. The summed E-state index contributed by atoms with van der Waals surface area (Å²) >= 11 is 1.66. The van der Waals surface area contributed by atoms with Gasteiger partial charge in [-0.2, -0.15) is 11.8 Å². The number of thioether (sulfide) groups is 1. The van der Waals surface area contributed by atoms with Crippen molar-refractivity contribution in [1.82, 2.24) is 10.6 Å². The van der Waals surface area contributed by atoms with E-state index in [1.165, 1.54) is 5.56 Å². The lowest BCUT2D eigenvalue weighted by molar-refractivity contribution is -0.150. The number of amides is 2. The normalized spacial score (nSPS) is 18.8. The van der Waals surface area contributed by atoms with E-state index in [9.17, 15) is 19.5 Å². The maximum Gasteiger partial charge on any atom is 0.309 e. The lowest BCUT2D eigenvalue weighted by Gasteiger charge is -2.24. The number of hydrogen-bond acceptors (Lipinski definition) is 7. The lowest BCUT2D eigenvalue weighted by Crippen LogP contribution is -2.46. The predicted molar refractivity (Wildman–Crippen MR) is 215 cm³/mol. The molecular formula is C45H52N2O6S. The number of cyclic esters (lactones) is 1. The molecule has 284 valence electrons. The van der Waals surface area contributed by atoms with Crippen molar-refractivity contribution in [3.05, 3.63) is 150 Å². The Kier molecular flexibility index (Phi) is 16.7. The smallest absolute Gasteiger partial charge is 0.309 e. The van der Waals surface area contributed by atoms with Crippen LogP contribution in [0, 0.1) is 11.8 Å². The van der Waals surface area contributed by atoms with Gasteiger partial charge in [0.2, 0.25) is 11.8 Å². The van der Waals surface area contributed by atoms with E-state index in [0.29, 0.717) is 38.0 Å². The Morgan fingerprint density at radius 2 is 1.50 bits per heavy atom. The third kappa shape index (κ3) is 14.2. The zero-order chi connectivity index (χ0) is 37.8. The zero-order valence-electron chi connectivity index (χ0n) is 30.8. The summed E-state index contributed by atoms with van der Waals surface area (Å²) in [6.07, 6.45) is 7.63. The van der Waals surface area contributed by atoms with Crippen molar-refractivity contribution in [1.29, 1.82) is 0 Å². The molecule has 2 amide bonds. The molecule has 0 saturated heterocycles. The van der Waals surface area contributed by atoms with E-state index in [4.69, 9.17) is 9.47 Å². The summed E-state index contributed by atoms with van der Waals surface area (Å²) < 4.78 is 11.8. The Balaban J connectivity index is 1.20. The Bertz CT molecular complexity index is 1740. The van der Waals surface area contributed by atoms with Crippen molar-refractivity contribution in [2.45, 2.75) is 69.4 Å². The molecule has 8 nitrogen and oxygen atoms in total. The highest BCUT2D eigenvalue weighted by atomic mass is 32.2. The lowest BCUT2D eigenvalue weighted by atomic mass is 9.93. The molecule has 0 aliphatic carbocycles. The number of aliphatic hydroxyl groups excluding tert-OH is 1. The molecule has 0 bridgehead atoms. The number of benzene rings is 4. The number of rotatable bonds is 15. The maximum atomic E-state index is 13.8. The van der Waals surface area contributed by atoms with Gasteiger partial charge in [-0.15, -0.1) is 0 Å². The van der Waals surface area contributed by atoms with Crippen LogP contribution in [0.5, 0.6) is 5.75 Å². The number of carbonyl (C=O) groups is 3. The van der Waals surface area contributed by atoms with Crippen LogP contribution in [0.15, 0.2) is 127 Å². The van der Waals surface area contributed by atoms with Gasteiger partial charge in [0.25, 0.3) is 0 Å². The van der Waals surface area contributed by atoms with Crippen LogP contribution in [0.25, 0.3) is 0 Å². The molecule has 54 heavy (non-hydrogen) atoms. The zero-order valence-corrected chi connectivity index (χ0v) is 31.6. The number of allylic oxidation sites excluding steroid dienone is 2. The topological polar surface area (TPSA) is 114 Å². The molecule has 0 unspecified atom stereocenters. The van der Waals surface area contributed by atoms with Gasteiger partial charge in [0.15, 0.2) is 0 Å². The summed E-state index contributed by atoms with van der Waals surface area (Å²) in [5.41, 5.74) is 4.28. The van der Waals surface area contributed by atoms with Gasteiger partial charge in [0.05, 0.1) is 30.5 Å². The minimum Gasteiger partial charge on any atom is -0.489 e. The van der Waals surface area contributed by atoms with Crippen LogP contribution in [-0.2, 0) is 44.3 Å². The minimum atomic E-state index is -0.632. The van der Waals surface area contributed by atoms with E-state index >= 15 is 0 Å². The first-order valence-electron chi connectivity index (χ1n) is 18.9. The van der Waals surface area contributed by atoms with Gasteiger partial charge < -0.3 is 25.2 Å². The molecule has 0 saturated carbocycles. The SMILES string of the molecule is O=C(C[C@H]1CC=CCCC[C@H](Cc2ccccc2)C(=O)OC[C@H](CSCc2ccccc2)NC1=O)N[C@H](CO)Cc1ccc(OCc2ccccc2)cc1. The van der Waals surface area contributed by atoms with Gasteiger partial charge in [0.1, 0.15) is 19.0 Å². The van der Waals surface area contributed by atoms with Gasteiger partial charge in [-0.25, -0.2) is 0 Å². The van der Waals surface area contributed by atoms with Crippen molar-refractivity contribution in [2.24, 2.45) is 11.8 Å². The molecule has 4 atom stereocenters. The highest BCUT2D eigenvalue weighted by Crippen LogP contribution is 2.21. The number of esters is 1. The minimum absolute atomic E-state index is 0.0399. The van der Waals surface area contributed by atoms with E-state index in [2.05, 4.69) is 22.8 Å².